The minimum Gasteiger partial charge on any atom is -1.00 e. The number of alkyl carbamates (subject to hydrolysis) is 3. The molecule has 1 unspecified atom stereocenters. The molecular weight excluding hydrogens is 2920 g/mol. The number of alkyl halides is 5. The summed E-state index contributed by atoms with van der Waals surface area (Å²) in [4.78, 5) is 72.6. The van der Waals surface area contributed by atoms with Gasteiger partial charge in [0.1, 0.15) is 26.4 Å². The number of aliphatic hydroxyl groups is 3. The molecule has 0 bridgehead atoms. The standard InChI is InChI=1S/C23H25IN2O3S.C23H24N2O3S.C23H26N2O3S.C16H11NO2S.C7H15NO.4C2H6.4CH3Br.CH2O3.6CH4.I2.2K.V.W.Y.H/c1-22(2)12-23(13-24,14-27)30-20(26-22)25-21(28)29-11-19-17-9-5-3-7-15(17)16-8-4-6-10-18(16)19;1-22(2)12-23(13-27-14-23)29-20(25-22)24-21(26)28-11-19-17-9-5-3-7-15(17)16-8-4-6-10-18(16)19;1-15(13-26)12-23(2,3)25-21(29)24-22(27)28-14-20-18-10-6-4-8-16(18)17-9-5-7-11-19(17)20;18-16(17-10-20)19-9-15-13-7-3-1-5-11(13)12-6-2-4-8-14(12)15;1-6(5-9)4-7(2,3)8;8*1-2;2-1-4-3;;;;;;;1-2;;;;;;/h3-10,19,27H,11-14H2,1-2H3,(H,25,26,28);3-10,19H,11-14H2,1-2H3,(H,24,25,26);4-11,20,26H,1,12-14H2,2-3H3,(H2,24,25,27,29);1-8,15H,9H2;9H,1,4-5,8H2,2-3H3;4*1-2H3;4*1H3;1,3H;6*1H4;;;;;;;/q;;;;;;;;;;;;;;;;;;;;;2*+1;;;;-1/p-1. The summed E-state index contributed by atoms with van der Waals surface area (Å²) in [5.41, 5.74) is 24.9. The van der Waals surface area contributed by atoms with Gasteiger partial charge in [-0.1, -0.05) is 423 Å². The summed E-state index contributed by atoms with van der Waals surface area (Å²) in [6.45, 7) is 41.6. The number of nitrogens with one attached hydrogen (secondary N) is 4. The molecule has 3 heterocycles. The first-order chi connectivity index (χ1) is 66.8. The van der Waals surface area contributed by atoms with Crippen LogP contribution in [0.25, 0.3) is 44.5 Å². The SMILES string of the molecule is C.C.C.C.C.C.C=C(CO)CC(C)(C)N.C=C(CO)CC(C)(C)NC(=S)NC(=O)OCC1c2ccccc2-c2ccccc21.CBr.CBr.CBr.CBr.CC.CC.CC.CC.CC1(C)CC(CO)(CI)SC(NC(=O)OCC2c3ccccc3-c3ccccc32)=N1.CC1(C)CC2(COC2)SC(NC(=O)OCC2c3ccccc3-c3ccccc32)=N1.II.O=C(N=C=S)OCC1c2ccccc2-c2ccccc21.O=CO[O-].[H-].[K+].[K+].[V].[W].[Y]. The molecule has 23 nitrogen and oxygen atoms in total. The van der Waals surface area contributed by atoms with Crippen molar-refractivity contribution in [1.82, 2.24) is 21.3 Å². The van der Waals surface area contributed by atoms with Crippen molar-refractivity contribution in [2.24, 2.45) is 20.7 Å². The van der Waals surface area contributed by atoms with E-state index < -0.39 is 29.9 Å². The summed E-state index contributed by atoms with van der Waals surface area (Å²) in [6.07, 6.45) is 0.648. The molecule has 1 atom stereocenters. The van der Waals surface area contributed by atoms with Crippen LogP contribution in [0.2, 0.25) is 0 Å². The number of carbonyl (C=O) groups excluding carboxylic acids is 5. The summed E-state index contributed by atoms with van der Waals surface area (Å²) in [7, 11) is 0. The Balaban J connectivity index is -0.000000153. The third-order valence-corrected chi connectivity index (χ3v) is 25.4. The van der Waals surface area contributed by atoms with Crippen LogP contribution >= 0.6 is 172 Å². The number of amidine groups is 2. The van der Waals surface area contributed by atoms with E-state index in [0.717, 1.165) is 34.0 Å². The molecule has 2 radical (unpaired) electrons. The number of hydrogen-bond acceptors (Lipinski definition) is 22. The van der Waals surface area contributed by atoms with Crippen LogP contribution < -0.4 is 135 Å². The molecule has 8 aromatic carbocycles. The van der Waals surface area contributed by atoms with Crippen LogP contribution in [0.3, 0.4) is 0 Å². The molecule has 4 aliphatic carbocycles. The Hall–Kier alpha value is -0.761. The fourth-order valence-electron chi connectivity index (χ4n) is 16.1. The molecule has 7 aliphatic rings. The van der Waals surface area contributed by atoms with Gasteiger partial charge in [0.2, 0.25) is 0 Å². The number of aliphatic hydroxyl groups excluding tert-OH is 3. The Morgan fingerprint density at radius 3 is 1.01 bits per heavy atom. The Labute approximate surface area is 1130 Å². The molecule has 0 aromatic heterocycles. The summed E-state index contributed by atoms with van der Waals surface area (Å²) >= 11 is 30.9. The maximum Gasteiger partial charge on any atom is 1.00 e. The van der Waals surface area contributed by atoms with Crippen LogP contribution in [0.15, 0.2) is 233 Å². The van der Waals surface area contributed by atoms with Crippen LogP contribution in [0.5, 0.6) is 0 Å². The first-order valence-electron chi connectivity index (χ1n) is 44.9. The quantitative estimate of drug-likeness (QED) is 0.00378. The van der Waals surface area contributed by atoms with Crippen molar-refractivity contribution in [3.63, 3.8) is 0 Å². The third kappa shape index (κ3) is 56.4. The van der Waals surface area contributed by atoms with Crippen molar-refractivity contribution in [3.8, 4) is 44.5 Å². The number of benzene rings is 8. The van der Waals surface area contributed by atoms with E-state index in [1.54, 1.807) is 11.8 Å². The van der Waals surface area contributed by atoms with Crippen molar-refractivity contribution in [1.29, 1.82) is 0 Å². The number of rotatable bonds is 18. The fourth-order valence-corrected chi connectivity index (χ4v) is 20.5. The summed E-state index contributed by atoms with van der Waals surface area (Å²) in [6, 6.07) is 65.9. The van der Waals surface area contributed by atoms with Crippen LogP contribution in [-0.2, 0) is 106 Å². The number of isothiocyanates is 1. The number of hydrogen-bond donors (Lipinski definition) is 8. The van der Waals surface area contributed by atoms with Crippen LogP contribution in [0.1, 0.15) is 251 Å². The van der Waals surface area contributed by atoms with Crippen molar-refractivity contribution < 1.29 is 250 Å². The van der Waals surface area contributed by atoms with Gasteiger partial charge in [-0.2, -0.15) is 0 Å². The maximum atomic E-state index is 12.6. The predicted octanol–water partition coefficient (Wildman–Crippen LogP) is 24.6. The van der Waals surface area contributed by atoms with Crippen molar-refractivity contribution in [2.75, 3.05) is 87.2 Å². The van der Waals surface area contributed by atoms with Gasteiger partial charge in [0, 0.05) is 149 Å². The van der Waals surface area contributed by atoms with E-state index in [9.17, 15) is 24.3 Å². The van der Waals surface area contributed by atoms with Crippen molar-refractivity contribution in [2.45, 2.75) is 236 Å². The molecule has 0 saturated carbocycles. The first-order valence-corrected chi connectivity index (χ1v) is 61.6. The Morgan fingerprint density at radius 1 is 0.520 bits per heavy atom. The molecule has 39 heteroatoms. The van der Waals surface area contributed by atoms with Gasteiger partial charge in [0.25, 0.3) is 6.47 Å². The minimum absolute atomic E-state index is 0. The molecule has 150 heavy (non-hydrogen) atoms. The topological polar surface area (TPSA) is 336 Å². The van der Waals surface area contributed by atoms with Crippen LogP contribution in [0.4, 0.5) is 19.2 Å². The number of nitrogens with two attached hydrogens (primary N) is 1. The average molecular weight is 3080 g/mol. The maximum absolute atomic E-state index is 12.6. The van der Waals surface area contributed by atoms with Gasteiger partial charge in [-0.3, -0.25) is 30.7 Å². The zero-order valence-corrected chi connectivity index (χ0v) is 116. The van der Waals surface area contributed by atoms with Crippen molar-refractivity contribution in [3.05, 3.63) is 263 Å². The van der Waals surface area contributed by atoms with Crippen LogP contribution in [-0.4, -0.2) is 186 Å². The van der Waals surface area contributed by atoms with Crippen molar-refractivity contribution >= 4 is 223 Å². The van der Waals surface area contributed by atoms with Gasteiger partial charge in [-0.05, 0) is 223 Å². The number of amides is 4. The number of ether oxygens (including phenoxy) is 5. The second-order valence-corrected chi connectivity index (χ2v) is 37.0. The molecular formula is C111H163Br4I3K2N8O15S4VWY. The molecule has 1 spiro atoms. The largest absolute Gasteiger partial charge is 1.00 e. The molecule has 1 fully saturated rings. The number of thioether (sulfide) groups is 2. The molecule has 826 valence electrons. The molecule has 1 saturated heterocycles. The zero-order chi connectivity index (χ0) is 105. The van der Waals surface area contributed by atoms with E-state index in [-0.39, 0.29) is 322 Å². The Morgan fingerprint density at radius 2 is 0.773 bits per heavy atom. The number of halogens is 7. The van der Waals surface area contributed by atoms with E-state index in [2.05, 4.69) is 296 Å². The summed E-state index contributed by atoms with van der Waals surface area (Å²) in [5, 5.41) is 50.7. The Bertz CT molecular complexity index is 5100. The second-order valence-electron chi connectivity index (χ2n) is 32.7. The van der Waals surface area contributed by atoms with Gasteiger partial charge in [0.15, 0.2) is 15.4 Å². The van der Waals surface area contributed by atoms with Gasteiger partial charge in [0.05, 0.1) is 58.8 Å². The third-order valence-electron chi connectivity index (χ3n) is 20.7. The number of fused-ring (bicyclic) bond motifs is 12. The summed E-state index contributed by atoms with van der Waals surface area (Å²) < 4.78 is 27.8. The number of carbonyl (C=O) groups is 5. The predicted molar refractivity (Wildman–Crippen MR) is 666 cm³/mol. The average Bonchev–Trinajstić information content (AvgIpc) is 1.58. The van der Waals surface area contributed by atoms with E-state index >= 15 is 0 Å². The van der Waals surface area contributed by atoms with E-state index in [4.69, 9.17) is 66.9 Å². The second kappa shape index (κ2) is 93.7. The van der Waals surface area contributed by atoms with Crippen LogP contribution in [0, 0.1) is 0 Å². The monoisotopic (exact) mass is 3070 g/mol. The number of aliphatic imine (C=N–C) groups is 3. The fraction of sp³-hybridized carbons (Fsp3) is 0.450. The van der Waals surface area contributed by atoms with Gasteiger partial charge in [-0.25, -0.2) is 19.2 Å². The van der Waals surface area contributed by atoms with E-state index in [1.807, 2.05) is 222 Å². The molecule has 4 amide bonds. The van der Waals surface area contributed by atoms with Gasteiger partial charge >= 0.3 is 127 Å². The van der Waals surface area contributed by atoms with Gasteiger partial charge in [-0.15, -0.1) is 4.99 Å². The number of thiocarbonyl (C=S) groups is 2. The first kappa shape index (κ1) is 172. The minimum atomic E-state index is -0.693. The van der Waals surface area contributed by atoms with Gasteiger partial charge < -0.3 is 61.6 Å². The van der Waals surface area contributed by atoms with E-state index in [1.165, 1.54) is 89.7 Å². The van der Waals surface area contributed by atoms with E-state index in [0.29, 0.717) is 48.6 Å². The summed E-state index contributed by atoms with van der Waals surface area (Å²) in [5.74, 6) is 7.37. The molecule has 3 aliphatic heterocycles. The number of nitrogens with zero attached hydrogens (tertiary/aromatic N) is 3. The Kier molecular flexibility index (Phi) is 107. The molecule has 15 rings (SSSR count). The molecule has 8 aromatic rings. The smallest absolute Gasteiger partial charge is 1.00 e. The zero-order valence-electron chi connectivity index (χ0n) is 87.5. The molecule has 9 N–H and O–H groups in total. The normalized spacial score (nSPS) is 13.7.